The minimum atomic E-state index is -4.17. The van der Waals surface area contributed by atoms with Gasteiger partial charge in [-0.25, -0.2) is 8.42 Å². The Labute approximate surface area is 928 Å². The molecule has 20 rings (SSSR count). The number of methoxy groups -OCH3 is 2. The number of carboxylic acid groups (broad SMARTS) is 1. The van der Waals surface area contributed by atoms with E-state index in [9.17, 15) is 78.4 Å². The zero-order valence-electron chi connectivity index (χ0n) is 98.9. The molecule has 852 valence electrons. The van der Waals surface area contributed by atoms with E-state index < -0.39 is 16.1 Å². The van der Waals surface area contributed by atoms with Crippen LogP contribution in [0.1, 0.15) is 441 Å². The smallest absolute Gasteiger partial charge is 0.748 e. The Morgan fingerprint density at radius 2 is 0.510 bits per heavy atom. The van der Waals surface area contributed by atoms with Crippen LogP contribution in [0.5, 0.6) is 0 Å². The number of carboxylic acids is 1. The fraction of sp³-hybridized carbons (Fsp3) is 0.977. The molecule has 20 aliphatic carbocycles. The van der Waals surface area contributed by atoms with E-state index in [-0.39, 0.29) is 164 Å². The molecule has 0 aromatic heterocycles. The second kappa shape index (κ2) is 47.1. The summed E-state index contributed by atoms with van der Waals surface area (Å²) in [6.45, 7) is 52.5. The Kier molecular flexibility index (Phi) is 38.5. The molecule has 20 fully saturated rings. The van der Waals surface area contributed by atoms with Crippen LogP contribution in [0.25, 0.3) is 0 Å². The van der Waals surface area contributed by atoms with Gasteiger partial charge in [-0.2, -0.15) is 0 Å². The van der Waals surface area contributed by atoms with Crippen LogP contribution in [-0.2, 0) is 34.0 Å². The molecule has 0 amide bonds. The van der Waals surface area contributed by atoms with Crippen molar-refractivity contribution in [2.45, 2.75) is 490 Å². The summed E-state index contributed by atoms with van der Waals surface area (Å²) in [6.07, 6.45) is 47.0. The van der Waals surface area contributed by atoms with Gasteiger partial charge in [-0.1, -0.05) is 197 Å². The number of aliphatic carboxylic acids is 1. The number of hydrogen-bond donors (Lipinski definition) is 10. The molecule has 10 N–H and O–H groups in total. The molecule has 20 aliphatic rings. The van der Waals surface area contributed by atoms with Gasteiger partial charge in [0.25, 0.3) is 0 Å². The molecule has 0 heterocycles. The normalized spacial score (nSPS) is 51.9. The number of rotatable bonds is 21. The zero-order chi connectivity index (χ0) is 108. The quantitative estimate of drug-likeness (QED) is 0.0290. The molecule has 20 heteroatoms. The molecule has 55 atom stereocenters. The van der Waals surface area contributed by atoms with Gasteiger partial charge < -0.3 is 65.1 Å². The summed E-state index contributed by atoms with van der Waals surface area (Å²) < 4.78 is 43.5. The molecule has 0 aromatic rings. The number of fused-ring (bicyclic) bond motifs is 25. The molecule has 0 aromatic carbocycles. The first-order chi connectivity index (χ1) is 69.7. The molecule has 0 radical (unpaired) electrons. The maximum atomic E-state index is 12.0. The Balaban J connectivity index is 0.000000139. The maximum Gasteiger partial charge on any atom is 1.00 e. The standard InChI is InChI=1S/C27H46O3.C26H44O4.C26H46O2.C25H44O5S.C25H42O4.Na/c1-7-18-22-14-16(2)10-12-27(22,5)21-11-13-26(4)19(17(3)15-23(28)30-6)8-9-20(26)24(21)25(18)29;1-6-17-21-14-16(27)9-11-26(21,4)20-10-12-25(3)18(15(2)13-22(28)30-5)7-8-19(25)23(20)24(17)29;1-6-18-22-15-16(2)9-12-26(22,5)21-10-13-25(4)19(17(3)11-14-27)7-8-20(25)23(21)24(18)28;1-5-17-21-14-16(26)8-11-25(21,4)20-9-12-24(3)18(15(2)10-13-31(28,29)30)6-7-19(24)22(20)23(17)27;1-5-16-20-13-15(26)8-10-25(20,4)19-9-11-24(3)17(14(2)12-21(27)28)6-7-18(24)22(19)23(16)29;/h16-22,24-25,29H,7-15H2,1-6H3;15-21,23-24,27,29H,6-14H2,1-5H3;16-24,27-28H,6-15H2,1-5H3;15-23,26-27H,5-14H2,1-4H3,(H,28,29,30);14-20,22-23,26,29H,5-13H2,1-4H3,(H,27,28);/q;;;;;+1/p-1/t16-,17-,18-,19-,20+,21+,22+,24+,25-,26-,27-;15-,16-,17-,18-,19+,20+,21+,23+,24-,25-,26-;16-,17-,18-,19-,20+,21+,22+,23+,24-,25-,26-;15-,16-,17-,18-,19+,20+,21+,22+,23-,24-,25-;14-,15-,16-,17-,18+,19+,20+,22+,23-,24-,25-;/m11111./s1. The summed E-state index contributed by atoms with van der Waals surface area (Å²) in [4.78, 5) is 35.3. The van der Waals surface area contributed by atoms with E-state index in [1.165, 1.54) is 136 Å². The van der Waals surface area contributed by atoms with Gasteiger partial charge in [-0.3, -0.25) is 14.4 Å². The van der Waals surface area contributed by atoms with E-state index in [0.717, 1.165) is 171 Å². The molecular formula is C129H221NaO18S. The van der Waals surface area contributed by atoms with Gasteiger partial charge in [-0.15, -0.1) is 0 Å². The first kappa shape index (κ1) is 122. The van der Waals surface area contributed by atoms with E-state index in [4.69, 9.17) is 9.47 Å². The summed E-state index contributed by atoms with van der Waals surface area (Å²) in [5.74, 6) is 17.4. The van der Waals surface area contributed by atoms with Crippen LogP contribution in [0.3, 0.4) is 0 Å². The van der Waals surface area contributed by atoms with Gasteiger partial charge >= 0.3 is 47.5 Å². The molecule has 149 heavy (non-hydrogen) atoms. The van der Waals surface area contributed by atoms with Gasteiger partial charge in [0.1, 0.15) is 0 Å². The predicted molar refractivity (Wildman–Crippen MR) is 587 cm³/mol. The van der Waals surface area contributed by atoms with Crippen LogP contribution in [0.2, 0.25) is 0 Å². The fourth-order valence-electron chi connectivity index (χ4n) is 47.4. The van der Waals surface area contributed by atoms with Gasteiger partial charge in [0, 0.05) is 31.6 Å². The van der Waals surface area contributed by atoms with E-state index in [0.29, 0.717) is 208 Å². The largest absolute Gasteiger partial charge is 1.00 e. The third-order valence-electron chi connectivity index (χ3n) is 54.7. The average molecular weight is 2120 g/mol. The van der Waals surface area contributed by atoms with Gasteiger partial charge in [0.05, 0.1) is 73.2 Å². The Morgan fingerprint density at radius 1 is 0.302 bits per heavy atom. The summed E-state index contributed by atoms with van der Waals surface area (Å²) >= 11 is 0. The van der Waals surface area contributed by atoms with E-state index >= 15 is 0 Å². The second-order valence-corrected chi connectivity index (χ2v) is 61.6. The number of aliphatic hydroxyl groups is 9. The molecule has 18 nitrogen and oxygen atoms in total. The summed E-state index contributed by atoms with van der Waals surface area (Å²) in [5.41, 5.74) is 2.67. The summed E-state index contributed by atoms with van der Waals surface area (Å²) in [5, 5.41) is 109. The molecule has 0 spiro atoms. The van der Waals surface area contributed by atoms with Crippen LogP contribution in [-0.4, -0.2) is 157 Å². The number of carbonyl (C=O) groups excluding carboxylic acids is 2. The molecule has 0 unspecified atom stereocenters. The molecule has 20 saturated carbocycles. The SMILES string of the molecule is CC[C@H]1[C@@H](O)[C@@H]2[C@H](CC[C@]3(C)[C@@H]([C@H](C)CC(=O)O)CC[C@@H]23)[C@@]2(C)CC[C@@H](O)C[C@@H]12.CC[C@H]1[C@@H](O)[C@@H]2[C@H](CC[C@]3(C)[C@@H]([C@H](C)CC(=O)OC)CC[C@@H]23)[C@@]2(C)CC[C@@H](C)C[C@@H]12.CC[C@H]1[C@@H](O)[C@@H]2[C@H](CC[C@]3(C)[C@@H]([C@H](C)CC(=O)OC)CC[C@@H]23)[C@@]2(C)CC[C@@H](O)C[C@@H]12.CC[C@H]1[C@@H](O)[C@@H]2[C@H](CC[C@]3(C)[C@@H]([C@H](C)CCO)CC[C@@H]23)[C@@]2(C)CC[C@@H](C)C[C@@H]12.CC[C@H]1[C@@H](O)[C@@H]2[C@H](CC[C@]3(C)[C@@H]([C@H](C)CCS(=O)(=O)[O-])CC[C@@H]23)[C@@]2(C)CC[C@@H](O)C[C@@H]12.[Na+]. The predicted octanol–water partition coefficient (Wildman–Crippen LogP) is 22.7. The van der Waals surface area contributed by atoms with Crippen LogP contribution in [0.4, 0.5) is 0 Å². The minimum Gasteiger partial charge on any atom is -0.748 e. The van der Waals surface area contributed by atoms with Crippen molar-refractivity contribution in [2.75, 3.05) is 26.6 Å². The average Bonchev–Trinajstić information content (AvgIpc) is 1.67. The zero-order valence-corrected chi connectivity index (χ0v) is 102. The van der Waals surface area contributed by atoms with Crippen molar-refractivity contribution < 1.29 is 117 Å². The van der Waals surface area contributed by atoms with Crippen LogP contribution in [0, 0.1) is 273 Å². The number of carbonyl (C=O) groups is 3. The topological polar surface area (TPSA) is 329 Å². The number of esters is 2. The van der Waals surface area contributed by atoms with Gasteiger partial charge in [0.15, 0.2) is 0 Å². The first-order valence-electron chi connectivity index (χ1n) is 63.0. The van der Waals surface area contributed by atoms with Crippen molar-refractivity contribution in [3.8, 4) is 0 Å². The first-order valence-corrected chi connectivity index (χ1v) is 64.6. The van der Waals surface area contributed by atoms with Crippen molar-refractivity contribution in [3.63, 3.8) is 0 Å². The van der Waals surface area contributed by atoms with Crippen LogP contribution in [0.15, 0.2) is 0 Å². The monoisotopic (exact) mass is 2110 g/mol. The fourth-order valence-corrected chi connectivity index (χ4v) is 48.1. The molecular weight excluding hydrogens is 1890 g/mol. The van der Waals surface area contributed by atoms with Gasteiger partial charge in [0.2, 0.25) is 0 Å². The number of ether oxygens (including phenoxy) is 2. The third-order valence-corrected chi connectivity index (χ3v) is 55.4. The van der Waals surface area contributed by atoms with Crippen molar-refractivity contribution >= 4 is 28.0 Å². The van der Waals surface area contributed by atoms with Crippen molar-refractivity contribution in [1.82, 2.24) is 0 Å². The van der Waals surface area contributed by atoms with E-state index in [1.807, 2.05) is 0 Å². The molecule has 0 saturated heterocycles. The third kappa shape index (κ3) is 21.5. The Bertz CT molecular complexity index is 4440. The van der Waals surface area contributed by atoms with E-state index in [1.54, 1.807) is 0 Å². The van der Waals surface area contributed by atoms with Crippen molar-refractivity contribution in [3.05, 3.63) is 0 Å². The van der Waals surface area contributed by atoms with Crippen LogP contribution >= 0.6 is 0 Å². The van der Waals surface area contributed by atoms with Crippen LogP contribution < -0.4 is 29.6 Å². The summed E-state index contributed by atoms with van der Waals surface area (Å²) in [7, 11) is -1.18. The van der Waals surface area contributed by atoms with Crippen molar-refractivity contribution in [2.24, 2.45) is 273 Å². The summed E-state index contributed by atoms with van der Waals surface area (Å²) in [6, 6.07) is 0. The van der Waals surface area contributed by atoms with Crippen molar-refractivity contribution in [1.29, 1.82) is 0 Å². The molecule has 0 bridgehead atoms. The Hall–Kier alpha value is -1.04. The van der Waals surface area contributed by atoms with E-state index in [2.05, 4.69) is 152 Å². The second-order valence-electron chi connectivity index (χ2n) is 60.1. The molecule has 0 aliphatic heterocycles. The number of hydrogen-bond acceptors (Lipinski definition) is 17. The Morgan fingerprint density at radius 3 is 0.732 bits per heavy atom. The number of aliphatic hydroxyl groups excluding tert-OH is 9. The minimum absolute atomic E-state index is 0. The maximum absolute atomic E-state index is 12.0. The van der Waals surface area contributed by atoms with Gasteiger partial charge in [-0.05, 0) is 498 Å².